The van der Waals surface area contributed by atoms with Gasteiger partial charge < -0.3 is 9.47 Å². The Morgan fingerprint density at radius 3 is 2.58 bits per heavy atom. The molecule has 0 N–H and O–H groups in total. The van der Waals surface area contributed by atoms with Crippen LogP contribution in [-0.4, -0.2) is 35.6 Å². The topological polar surface area (TPSA) is 47.5 Å². The molecule has 0 radical (unpaired) electrons. The standard InChI is InChI=1S/C20H20BrN3O2/c1-25-17-5-13(6-18(9-17)26-2)11-24-4-3-19-15(12-24)7-14-8-16(21)10-22-20(14)23-19/h5-10H,3-4,11-12H2,1-2H3. The second kappa shape index (κ2) is 7.21. The molecule has 134 valence electrons. The SMILES string of the molecule is COc1cc(CN2CCc3nc4ncc(Br)cc4cc3C2)cc(OC)c1. The number of halogens is 1. The first-order valence-corrected chi connectivity index (χ1v) is 9.32. The highest BCUT2D eigenvalue weighted by Gasteiger charge is 2.19. The fourth-order valence-electron chi connectivity index (χ4n) is 3.41. The quantitative estimate of drug-likeness (QED) is 0.647. The largest absolute Gasteiger partial charge is 0.497 e. The van der Waals surface area contributed by atoms with E-state index in [0.717, 1.165) is 58.8 Å². The van der Waals surface area contributed by atoms with Crippen molar-refractivity contribution in [3.63, 3.8) is 0 Å². The van der Waals surface area contributed by atoms with Crippen molar-refractivity contribution in [2.75, 3.05) is 20.8 Å². The predicted molar refractivity (Wildman–Crippen MR) is 105 cm³/mol. The normalized spacial score (nSPS) is 14.3. The summed E-state index contributed by atoms with van der Waals surface area (Å²) in [6.07, 6.45) is 2.73. The molecule has 0 bridgehead atoms. The van der Waals surface area contributed by atoms with E-state index < -0.39 is 0 Å². The molecular weight excluding hydrogens is 394 g/mol. The first-order valence-electron chi connectivity index (χ1n) is 8.53. The summed E-state index contributed by atoms with van der Waals surface area (Å²) in [4.78, 5) is 11.6. The van der Waals surface area contributed by atoms with E-state index in [1.807, 2.05) is 6.07 Å². The van der Waals surface area contributed by atoms with Gasteiger partial charge in [0.15, 0.2) is 5.65 Å². The van der Waals surface area contributed by atoms with Crippen LogP contribution in [0.4, 0.5) is 0 Å². The number of rotatable bonds is 4. The van der Waals surface area contributed by atoms with Gasteiger partial charge in [-0.3, -0.25) is 4.90 Å². The van der Waals surface area contributed by atoms with Crippen LogP contribution in [0, 0.1) is 0 Å². The van der Waals surface area contributed by atoms with Crippen LogP contribution in [-0.2, 0) is 19.5 Å². The second-order valence-electron chi connectivity index (χ2n) is 6.48. The number of hydrogen-bond acceptors (Lipinski definition) is 5. The van der Waals surface area contributed by atoms with Gasteiger partial charge in [0.2, 0.25) is 0 Å². The van der Waals surface area contributed by atoms with Gasteiger partial charge in [-0.1, -0.05) is 0 Å². The van der Waals surface area contributed by atoms with E-state index in [0.29, 0.717) is 0 Å². The van der Waals surface area contributed by atoms with Gasteiger partial charge in [0.05, 0.1) is 14.2 Å². The minimum absolute atomic E-state index is 0.818. The zero-order chi connectivity index (χ0) is 18.1. The summed E-state index contributed by atoms with van der Waals surface area (Å²) in [7, 11) is 3.36. The van der Waals surface area contributed by atoms with E-state index in [9.17, 15) is 0 Å². The zero-order valence-electron chi connectivity index (χ0n) is 14.8. The summed E-state index contributed by atoms with van der Waals surface area (Å²) >= 11 is 3.49. The Labute approximate surface area is 161 Å². The van der Waals surface area contributed by atoms with E-state index in [2.05, 4.69) is 50.1 Å². The fourth-order valence-corrected chi connectivity index (χ4v) is 3.76. The van der Waals surface area contributed by atoms with Gasteiger partial charge in [-0.25, -0.2) is 9.97 Å². The Morgan fingerprint density at radius 1 is 1.08 bits per heavy atom. The lowest BCUT2D eigenvalue weighted by Gasteiger charge is -2.28. The smallest absolute Gasteiger partial charge is 0.159 e. The molecule has 0 saturated heterocycles. The number of aromatic nitrogens is 2. The summed E-state index contributed by atoms with van der Waals surface area (Å²) in [6.45, 7) is 2.70. The van der Waals surface area contributed by atoms with E-state index in [-0.39, 0.29) is 0 Å². The Bertz CT molecular complexity index is 939. The Morgan fingerprint density at radius 2 is 1.85 bits per heavy atom. The molecule has 3 aromatic rings. The predicted octanol–water partition coefficient (Wildman–Crippen LogP) is 3.97. The highest BCUT2D eigenvalue weighted by atomic mass is 79.9. The van der Waals surface area contributed by atoms with Crippen molar-refractivity contribution in [2.24, 2.45) is 0 Å². The van der Waals surface area contributed by atoms with Crippen molar-refractivity contribution in [3.05, 3.63) is 57.8 Å². The van der Waals surface area contributed by atoms with E-state index >= 15 is 0 Å². The Kier molecular flexibility index (Phi) is 4.78. The number of methoxy groups -OCH3 is 2. The van der Waals surface area contributed by atoms with Crippen molar-refractivity contribution in [1.29, 1.82) is 0 Å². The first-order chi connectivity index (χ1) is 12.6. The molecule has 4 rings (SSSR count). The summed E-state index contributed by atoms with van der Waals surface area (Å²) in [6, 6.07) is 10.3. The van der Waals surface area contributed by atoms with E-state index in [4.69, 9.17) is 14.5 Å². The second-order valence-corrected chi connectivity index (χ2v) is 7.39. The van der Waals surface area contributed by atoms with Crippen LogP contribution >= 0.6 is 15.9 Å². The molecule has 3 heterocycles. The van der Waals surface area contributed by atoms with Crippen molar-refractivity contribution < 1.29 is 9.47 Å². The molecular formula is C20H20BrN3O2. The number of benzene rings is 1. The van der Waals surface area contributed by atoms with Crippen LogP contribution in [0.3, 0.4) is 0 Å². The molecule has 1 aliphatic heterocycles. The van der Waals surface area contributed by atoms with Gasteiger partial charge in [0.1, 0.15) is 11.5 Å². The lowest BCUT2D eigenvalue weighted by Crippen LogP contribution is -2.30. The molecule has 0 unspecified atom stereocenters. The van der Waals surface area contributed by atoms with E-state index in [1.54, 1.807) is 20.4 Å². The molecule has 0 fully saturated rings. The van der Waals surface area contributed by atoms with Gasteiger partial charge in [0.25, 0.3) is 0 Å². The minimum atomic E-state index is 0.818. The van der Waals surface area contributed by atoms with Crippen molar-refractivity contribution >= 4 is 27.0 Å². The Hall–Kier alpha value is -2.18. The molecule has 0 amide bonds. The molecule has 2 aromatic heterocycles. The van der Waals surface area contributed by atoms with Crippen LogP contribution < -0.4 is 9.47 Å². The molecule has 26 heavy (non-hydrogen) atoms. The van der Waals surface area contributed by atoms with Crippen LogP contribution in [0.25, 0.3) is 11.0 Å². The number of nitrogens with zero attached hydrogens (tertiary/aromatic N) is 3. The molecule has 5 nitrogen and oxygen atoms in total. The van der Waals surface area contributed by atoms with Gasteiger partial charge in [0, 0.05) is 53.9 Å². The molecule has 0 spiro atoms. The summed E-state index contributed by atoms with van der Waals surface area (Å²) in [5.74, 6) is 1.64. The fraction of sp³-hybridized carbons (Fsp3) is 0.300. The number of fused-ring (bicyclic) bond motifs is 2. The molecule has 0 saturated carbocycles. The average Bonchev–Trinajstić information content (AvgIpc) is 2.66. The molecule has 6 heteroatoms. The average molecular weight is 414 g/mol. The highest BCUT2D eigenvalue weighted by molar-refractivity contribution is 9.10. The maximum absolute atomic E-state index is 5.38. The summed E-state index contributed by atoms with van der Waals surface area (Å²) in [5.41, 5.74) is 4.44. The van der Waals surface area contributed by atoms with Crippen LogP contribution in [0.2, 0.25) is 0 Å². The summed E-state index contributed by atoms with van der Waals surface area (Å²) in [5, 5.41) is 1.07. The Balaban J connectivity index is 1.58. The lowest BCUT2D eigenvalue weighted by molar-refractivity contribution is 0.243. The molecule has 1 aromatic carbocycles. The first kappa shape index (κ1) is 17.2. The maximum atomic E-state index is 5.38. The number of pyridine rings is 2. The van der Waals surface area contributed by atoms with Crippen molar-refractivity contribution in [3.8, 4) is 11.5 Å². The van der Waals surface area contributed by atoms with Crippen LogP contribution in [0.15, 0.2) is 41.0 Å². The van der Waals surface area contributed by atoms with Gasteiger partial charge in [-0.15, -0.1) is 0 Å². The third kappa shape index (κ3) is 3.52. The van der Waals surface area contributed by atoms with Crippen molar-refractivity contribution in [1.82, 2.24) is 14.9 Å². The lowest BCUT2D eigenvalue weighted by atomic mass is 10.0. The van der Waals surface area contributed by atoms with Gasteiger partial charge in [-0.05, 0) is 51.3 Å². The maximum Gasteiger partial charge on any atom is 0.159 e. The third-order valence-corrected chi connectivity index (χ3v) is 5.11. The minimum Gasteiger partial charge on any atom is -0.497 e. The molecule has 0 aliphatic carbocycles. The monoisotopic (exact) mass is 413 g/mol. The summed E-state index contributed by atoms with van der Waals surface area (Å²) < 4.78 is 11.7. The van der Waals surface area contributed by atoms with Gasteiger partial charge >= 0.3 is 0 Å². The van der Waals surface area contributed by atoms with Crippen LogP contribution in [0.5, 0.6) is 11.5 Å². The van der Waals surface area contributed by atoms with Crippen LogP contribution in [0.1, 0.15) is 16.8 Å². The number of ether oxygens (including phenoxy) is 2. The highest BCUT2D eigenvalue weighted by Crippen LogP contribution is 2.27. The van der Waals surface area contributed by atoms with E-state index in [1.165, 1.54) is 11.1 Å². The molecule has 1 aliphatic rings. The zero-order valence-corrected chi connectivity index (χ0v) is 16.4. The van der Waals surface area contributed by atoms with Gasteiger partial charge in [-0.2, -0.15) is 0 Å². The van der Waals surface area contributed by atoms with Crippen molar-refractivity contribution in [2.45, 2.75) is 19.5 Å². The number of hydrogen-bond donors (Lipinski definition) is 0. The molecule has 0 atom stereocenters. The third-order valence-electron chi connectivity index (χ3n) is 4.68.